The molecule has 2 saturated heterocycles. The Balaban J connectivity index is 1.56. The van der Waals surface area contributed by atoms with E-state index in [1.807, 2.05) is 18.7 Å². The van der Waals surface area contributed by atoms with Gasteiger partial charge in [-0.15, -0.1) is 0 Å². The van der Waals surface area contributed by atoms with Crippen LogP contribution in [-0.2, 0) is 19.1 Å². The molecule has 2 fully saturated rings. The van der Waals surface area contributed by atoms with Crippen molar-refractivity contribution in [2.45, 2.75) is 38.3 Å². The van der Waals surface area contributed by atoms with Gasteiger partial charge in [0.1, 0.15) is 0 Å². The number of epoxide rings is 1. The second kappa shape index (κ2) is 8.51. The van der Waals surface area contributed by atoms with Gasteiger partial charge in [0.2, 0.25) is 5.95 Å². The second-order valence-electron chi connectivity index (χ2n) is 6.92. The molecule has 0 bridgehead atoms. The number of rotatable bonds is 6. The Morgan fingerprint density at radius 2 is 2.04 bits per heavy atom. The van der Waals surface area contributed by atoms with Crippen molar-refractivity contribution < 1.29 is 23.9 Å². The van der Waals surface area contributed by atoms with Gasteiger partial charge in [-0.2, -0.15) is 0 Å². The van der Waals surface area contributed by atoms with Gasteiger partial charge in [-0.05, 0) is 19.4 Å². The van der Waals surface area contributed by atoms with Crippen molar-refractivity contribution in [2.24, 2.45) is 0 Å². The molecule has 0 spiro atoms. The Morgan fingerprint density at radius 3 is 2.64 bits per heavy atom. The number of nitrogens with zero attached hydrogens (tertiary/aromatic N) is 4. The van der Waals surface area contributed by atoms with Crippen molar-refractivity contribution in [1.82, 2.24) is 20.2 Å². The van der Waals surface area contributed by atoms with Crippen LogP contribution in [0, 0.1) is 0 Å². The molecule has 3 rings (SSSR count). The van der Waals surface area contributed by atoms with Crippen molar-refractivity contribution in [3.63, 3.8) is 0 Å². The summed E-state index contributed by atoms with van der Waals surface area (Å²) in [7, 11) is 0. The molecule has 152 valence electrons. The summed E-state index contributed by atoms with van der Waals surface area (Å²) in [5.41, 5.74) is -1.70. The molecule has 2 unspecified atom stereocenters. The molecule has 2 aliphatic heterocycles. The van der Waals surface area contributed by atoms with E-state index in [-0.39, 0.29) is 12.6 Å². The van der Waals surface area contributed by atoms with Gasteiger partial charge < -0.3 is 24.6 Å². The van der Waals surface area contributed by atoms with Crippen molar-refractivity contribution >= 4 is 23.9 Å². The van der Waals surface area contributed by atoms with Crippen LogP contribution in [0.1, 0.15) is 26.7 Å². The molecule has 0 radical (unpaired) electrons. The summed E-state index contributed by atoms with van der Waals surface area (Å²) in [5, 5.41) is 2.48. The lowest BCUT2D eigenvalue weighted by Crippen LogP contribution is -2.58. The van der Waals surface area contributed by atoms with E-state index in [4.69, 9.17) is 9.47 Å². The molecular weight excluding hydrogens is 366 g/mol. The van der Waals surface area contributed by atoms with E-state index < -0.39 is 23.6 Å². The van der Waals surface area contributed by atoms with Gasteiger partial charge in [0.05, 0.1) is 6.61 Å². The zero-order chi connectivity index (χ0) is 20.1. The van der Waals surface area contributed by atoms with Gasteiger partial charge in [0.15, 0.2) is 0 Å². The Morgan fingerprint density at radius 1 is 1.32 bits per heavy atom. The van der Waals surface area contributed by atoms with E-state index in [1.165, 1.54) is 0 Å². The number of anilines is 1. The van der Waals surface area contributed by atoms with Crippen molar-refractivity contribution in [3.8, 4) is 0 Å². The lowest BCUT2D eigenvalue weighted by atomic mass is 10.1. The molecule has 3 heterocycles. The van der Waals surface area contributed by atoms with Crippen molar-refractivity contribution in [1.29, 1.82) is 0 Å². The minimum absolute atomic E-state index is 0.0377. The molecule has 1 aromatic heterocycles. The number of ether oxygens (including phenoxy) is 2. The first-order valence-electron chi connectivity index (χ1n) is 9.45. The number of unbranched alkanes of at least 4 members (excludes halogenated alkanes) is 1. The third kappa shape index (κ3) is 4.22. The predicted molar refractivity (Wildman–Crippen MR) is 98.5 cm³/mol. The summed E-state index contributed by atoms with van der Waals surface area (Å²) in [5.74, 6) is -0.838. The van der Waals surface area contributed by atoms with Crippen LogP contribution in [0.25, 0.3) is 0 Å². The molecule has 0 aromatic carbocycles. The number of carbonyl (C=O) groups is 3. The minimum Gasteiger partial charge on any atom is -0.374 e. The predicted octanol–water partition coefficient (Wildman–Crippen LogP) is 0.336. The zero-order valence-corrected chi connectivity index (χ0v) is 16.1. The largest absolute Gasteiger partial charge is 0.414 e. The minimum atomic E-state index is -1.70. The first kappa shape index (κ1) is 20.0. The van der Waals surface area contributed by atoms with Crippen LogP contribution in [0.15, 0.2) is 18.5 Å². The number of esters is 1. The van der Waals surface area contributed by atoms with Crippen LogP contribution in [0.3, 0.4) is 0 Å². The molecule has 1 aromatic rings. The van der Waals surface area contributed by atoms with E-state index in [2.05, 4.69) is 15.3 Å². The van der Waals surface area contributed by atoms with E-state index in [0.29, 0.717) is 32.1 Å². The third-order valence-corrected chi connectivity index (χ3v) is 4.82. The molecule has 0 saturated carbocycles. The SMILES string of the molecule is CCCCNC(=O)OC(=O)C1(C(=O)N2CCN(c3ncccn3)C(C)C2)CO1. The Labute approximate surface area is 163 Å². The lowest BCUT2D eigenvalue weighted by Gasteiger charge is -2.40. The maximum atomic E-state index is 12.9. The standard InChI is InChI=1S/C18H25N5O5/c1-3-4-6-21-17(26)28-15(25)18(12-27-18)14(24)22-9-10-23(13(2)11-22)16-19-7-5-8-20-16/h5,7-8,13H,3-4,6,9-12H2,1-2H3,(H,21,26). The fraction of sp³-hybridized carbons (Fsp3) is 0.611. The number of nitrogens with one attached hydrogen (secondary N) is 1. The fourth-order valence-electron chi connectivity index (χ4n) is 3.10. The Hall–Kier alpha value is -2.75. The van der Waals surface area contributed by atoms with Gasteiger partial charge in [-0.1, -0.05) is 13.3 Å². The number of alkyl carbamates (subject to hydrolysis) is 1. The van der Waals surface area contributed by atoms with Crippen molar-refractivity contribution in [2.75, 3.05) is 37.7 Å². The van der Waals surface area contributed by atoms with Crippen LogP contribution in [0.4, 0.5) is 10.7 Å². The second-order valence-corrected chi connectivity index (χ2v) is 6.92. The number of amides is 2. The van der Waals surface area contributed by atoms with E-state index in [9.17, 15) is 14.4 Å². The Kier molecular flexibility index (Phi) is 6.08. The van der Waals surface area contributed by atoms with Gasteiger partial charge in [-0.3, -0.25) is 4.79 Å². The maximum absolute atomic E-state index is 12.9. The van der Waals surface area contributed by atoms with Crippen LogP contribution in [-0.4, -0.2) is 77.3 Å². The van der Waals surface area contributed by atoms with Gasteiger partial charge in [0.25, 0.3) is 11.5 Å². The summed E-state index contributed by atoms with van der Waals surface area (Å²) in [6.45, 7) is 5.57. The van der Waals surface area contributed by atoms with Crippen LogP contribution in [0.2, 0.25) is 0 Å². The molecule has 2 aliphatic rings. The first-order valence-corrected chi connectivity index (χ1v) is 9.45. The highest BCUT2D eigenvalue weighted by Crippen LogP contribution is 2.32. The molecule has 10 nitrogen and oxygen atoms in total. The fourth-order valence-corrected chi connectivity index (χ4v) is 3.10. The first-order chi connectivity index (χ1) is 13.5. The monoisotopic (exact) mass is 391 g/mol. The molecular formula is C18H25N5O5. The average Bonchev–Trinajstić information content (AvgIpc) is 3.50. The number of carbonyl (C=O) groups excluding carboxylic acids is 3. The summed E-state index contributed by atoms with van der Waals surface area (Å²) >= 11 is 0. The van der Waals surface area contributed by atoms with Gasteiger partial charge in [-0.25, -0.2) is 19.6 Å². The third-order valence-electron chi connectivity index (χ3n) is 4.82. The normalized spacial score (nSPS) is 23.9. The summed E-state index contributed by atoms with van der Waals surface area (Å²) in [4.78, 5) is 49.0. The summed E-state index contributed by atoms with van der Waals surface area (Å²) < 4.78 is 9.92. The quantitative estimate of drug-likeness (QED) is 0.319. The highest BCUT2D eigenvalue weighted by atomic mass is 16.7. The summed E-state index contributed by atoms with van der Waals surface area (Å²) in [6, 6.07) is 1.70. The molecule has 10 heteroatoms. The molecule has 2 atom stereocenters. The van der Waals surface area contributed by atoms with Crippen LogP contribution < -0.4 is 10.2 Å². The highest BCUT2D eigenvalue weighted by Gasteiger charge is 2.63. The van der Waals surface area contributed by atoms with Crippen LogP contribution in [0.5, 0.6) is 0 Å². The highest BCUT2D eigenvalue weighted by molar-refractivity contribution is 6.11. The van der Waals surface area contributed by atoms with E-state index in [0.717, 1.165) is 12.8 Å². The van der Waals surface area contributed by atoms with Crippen LogP contribution >= 0.6 is 0 Å². The lowest BCUT2D eigenvalue weighted by molar-refractivity contribution is -0.153. The summed E-state index contributed by atoms with van der Waals surface area (Å²) in [6.07, 6.45) is 4.15. The van der Waals surface area contributed by atoms with Gasteiger partial charge in [0, 0.05) is 44.6 Å². The topological polar surface area (TPSA) is 117 Å². The van der Waals surface area contributed by atoms with Gasteiger partial charge >= 0.3 is 12.1 Å². The number of hydrogen-bond acceptors (Lipinski definition) is 8. The molecule has 28 heavy (non-hydrogen) atoms. The van der Waals surface area contributed by atoms with E-state index >= 15 is 0 Å². The maximum Gasteiger partial charge on any atom is 0.414 e. The zero-order valence-electron chi connectivity index (χ0n) is 16.1. The number of aromatic nitrogens is 2. The van der Waals surface area contributed by atoms with E-state index in [1.54, 1.807) is 23.4 Å². The Bertz CT molecular complexity index is 724. The smallest absolute Gasteiger partial charge is 0.374 e. The number of hydrogen-bond donors (Lipinski definition) is 1. The molecule has 1 N–H and O–H groups in total. The average molecular weight is 391 g/mol. The molecule has 0 aliphatic carbocycles. The van der Waals surface area contributed by atoms with Crippen molar-refractivity contribution in [3.05, 3.63) is 18.5 Å². The molecule has 2 amide bonds. The number of piperazine rings is 1.